The monoisotopic (exact) mass is 297 g/mol. The highest BCUT2D eigenvalue weighted by atomic mass is 32.2. The van der Waals surface area contributed by atoms with E-state index < -0.39 is 15.9 Å². The van der Waals surface area contributed by atoms with E-state index in [9.17, 15) is 13.2 Å². The standard InChI is InChI=1S/C11H15N5O3S/c1-12-9(17)7-14-20(18,19)11-10(13-2)15-8-5-3-4-6-16(8)11/h3-6,13-14H,7H2,1-2H3,(H,12,17). The number of hydrogen-bond donors (Lipinski definition) is 3. The minimum Gasteiger partial charge on any atom is -0.371 e. The van der Waals surface area contributed by atoms with E-state index in [0.29, 0.717) is 5.65 Å². The van der Waals surface area contributed by atoms with Crippen molar-refractivity contribution in [2.24, 2.45) is 0 Å². The molecular formula is C11H15N5O3S. The molecule has 1 amide bonds. The van der Waals surface area contributed by atoms with Gasteiger partial charge in [0, 0.05) is 20.3 Å². The van der Waals surface area contributed by atoms with Gasteiger partial charge in [-0.05, 0) is 12.1 Å². The first-order valence-electron chi connectivity index (χ1n) is 5.84. The molecule has 2 aromatic rings. The van der Waals surface area contributed by atoms with Crippen molar-refractivity contribution in [3.8, 4) is 0 Å². The van der Waals surface area contributed by atoms with Gasteiger partial charge in [0.1, 0.15) is 5.65 Å². The molecule has 0 bridgehead atoms. The number of hydrogen-bond acceptors (Lipinski definition) is 5. The molecule has 0 saturated carbocycles. The van der Waals surface area contributed by atoms with Gasteiger partial charge in [-0.15, -0.1) is 0 Å². The molecule has 9 heteroatoms. The molecule has 0 aliphatic heterocycles. The molecule has 3 N–H and O–H groups in total. The molecule has 0 aromatic carbocycles. The largest absolute Gasteiger partial charge is 0.371 e. The Morgan fingerprint density at radius 1 is 1.35 bits per heavy atom. The lowest BCUT2D eigenvalue weighted by Crippen LogP contribution is -2.35. The number of carbonyl (C=O) groups is 1. The molecule has 0 spiro atoms. The Hall–Kier alpha value is -2.13. The summed E-state index contributed by atoms with van der Waals surface area (Å²) in [5.74, 6) is -0.200. The maximum absolute atomic E-state index is 12.3. The topological polar surface area (TPSA) is 105 Å². The van der Waals surface area contributed by atoms with Crippen LogP contribution in [0.5, 0.6) is 0 Å². The number of amides is 1. The van der Waals surface area contributed by atoms with Crippen LogP contribution < -0.4 is 15.4 Å². The van der Waals surface area contributed by atoms with Crippen molar-refractivity contribution in [3.63, 3.8) is 0 Å². The van der Waals surface area contributed by atoms with Crippen LogP contribution in [0.2, 0.25) is 0 Å². The van der Waals surface area contributed by atoms with Gasteiger partial charge in [-0.3, -0.25) is 9.20 Å². The van der Waals surface area contributed by atoms with Crippen molar-refractivity contribution < 1.29 is 13.2 Å². The molecule has 0 fully saturated rings. The summed E-state index contributed by atoms with van der Waals surface area (Å²) in [5.41, 5.74) is 0.497. The first kappa shape index (κ1) is 14.3. The Morgan fingerprint density at radius 3 is 2.75 bits per heavy atom. The summed E-state index contributed by atoms with van der Waals surface area (Å²) in [6.45, 7) is -0.331. The normalized spacial score (nSPS) is 11.5. The Balaban J connectivity index is 2.47. The van der Waals surface area contributed by atoms with Crippen molar-refractivity contribution in [2.75, 3.05) is 26.0 Å². The maximum Gasteiger partial charge on any atom is 0.260 e. The SMILES string of the molecule is CNC(=O)CNS(=O)(=O)c1c(NC)nc2ccccn12. The van der Waals surface area contributed by atoms with E-state index in [1.807, 2.05) is 0 Å². The van der Waals surface area contributed by atoms with Crippen LogP contribution in [0.4, 0.5) is 5.82 Å². The molecule has 2 aromatic heterocycles. The minimum atomic E-state index is -3.86. The van der Waals surface area contributed by atoms with Crippen LogP contribution in [-0.2, 0) is 14.8 Å². The molecule has 8 nitrogen and oxygen atoms in total. The number of aromatic nitrogens is 2. The highest BCUT2D eigenvalue weighted by molar-refractivity contribution is 7.89. The summed E-state index contributed by atoms with van der Waals surface area (Å²) < 4.78 is 28.3. The lowest BCUT2D eigenvalue weighted by molar-refractivity contribution is -0.119. The molecule has 108 valence electrons. The number of anilines is 1. The molecule has 20 heavy (non-hydrogen) atoms. The van der Waals surface area contributed by atoms with Crippen molar-refractivity contribution in [2.45, 2.75) is 5.03 Å². The molecule has 0 saturated heterocycles. The smallest absolute Gasteiger partial charge is 0.260 e. The predicted octanol–water partition coefficient (Wildman–Crippen LogP) is -0.600. The van der Waals surface area contributed by atoms with Gasteiger partial charge in [-0.2, -0.15) is 0 Å². The zero-order valence-corrected chi connectivity index (χ0v) is 11.9. The van der Waals surface area contributed by atoms with Crippen LogP contribution >= 0.6 is 0 Å². The van der Waals surface area contributed by atoms with Crippen LogP contribution in [0, 0.1) is 0 Å². The van der Waals surface area contributed by atoms with Gasteiger partial charge in [0.05, 0.1) is 6.54 Å². The number of imidazole rings is 1. The van der Waals surface area contributed by atoms with E-state index in [2.05, 4.69) is 20.3 Å². The summed E-state index contributed by atoms with van der Waals surface area (Å²) in [4.78, 5) is 15.3. The third-order valence-electron chi connectivity index (χ3n) is 2.68. The number of fused-ring (bicyclic) bond motifs is 1. The number of rotatable bonds is 5. The first-order chi connectivity index (χ1) is 9.49. The second-order valence-corrected chi connectivity index (χ2v) is 5.62. The molecule has 0 unspecified atom stereocenters. The lowest BCUT2D eigenvalue weighted by Gasteiger charge is -2.07. The summed E-state index contributed by atoms with van der Waals surface area (Å²) in [6, 6.07) is 5.15. The summed E-state index contributed by atoms with van der Waals surface area (Å²) in [5, 5.41) is 5.06. The van der Waals surface area contributed by atoms with Crippen molar-refractivity contribution in [1.82, 2.24) is 19.4 Å². The van der Waals surface area contributed by atoms with Gasteiger partial charge < -0.3 is 10.6 Å². The van der Waals surface area contributed by atoms with E-state index in [1.54, 1.807) is 31.4 Å². The Kier molecular flexibility index (Phi) is 3.91. The van der Waals surface area contributed by atoms with Gasteiger partial charge in [-0.1, -0.05) is 6.07 Å². The fourth-order valence-electron chi connectivity index (χ4n) is 1.71. The second kappa shape index (κ2) is 5.47. The minimum absolute atomic E-state index is 0.0282. The van der Waals surface area contributed by atoms with Crippen molar-refractivity contribution in [3.05, 3.63) is 24.4 Å². The van der Waals surface area contributed by atoms with E-state index in [4.69, 9.17) is 0 Å². The van der Waals surface area contributed by atoms with Gasteiger partial charge in [0.15, 0.2) is 10.8 Å². The zero-order valence-electron chi connectivity index (χ0n) is 11.0. The van der Waals surface area contributed by atoms with Crippen LogP contribution in [0.25, 0.3) is 5.65 Å². The van der Waals surface area contributed by atoms with Crippen LogP contribution in [0.1, 0.15) is 0 Å². The maximum atomic E-state index is 12.3. The molecule has 0 aliphatic carbocycles. The fourth-order valence-corrected chi connectivity index (χ4v) is 2.98. The van der Waals surface area contributed by atoms with Gasteiger partial charge in [0.2, 0.25) is 5.91 Å². The third-order valence-corrected chi connectivity index (χ3v) is 4.10. The average molecular weight is 297 g/mol. The van der Waals surface area contributed by atoms with Crippen molar-refractivity contribution in [1.29, 1.82) is 0 Å². The van der Waals surface area contributed by atoms with Crippen LogP contribution in [0.3, 0.4) is 0 Å². The summed E-state index contributed by atoms with van der Waals surface area (Å²) in [6.07, 6.45) is 1.59. The zero-order chi connectivity index (χ0) is 14.8. The number of nitrogens with zero attached hydrogens (tertiary/aromatic N) is 2. The number of carbonyl (C=O) groups excluding carboxylic acids is 1. The quantitative estimate of drug-likeness (QED) is 0.683. The van der Waals surface area contributed by atoms with E-state index in [1.165, 1.54) is 11.4 Å². The number of likely N-dealkylation sites (N-methyl/N-ethyl adjacent to an activating group) is 1. The van der Waals surface area contributed by atoms with E-state index >= 15 is 0 Å². The Morgan fingerprint density at radius 2 is 2.10 bits per heavy atom. The van der Waals surface area contributed by atoms with E-state index in [-0.39, 0.29) is 17.4 Å². The molecule has 2 heterocycles. The Labute approximate surface area is 116 Å². The predicted molar refractivity (Wildman–Crippen MR) is 74.0 cm³/mol. The van der Waals surface area contributed by atoms with Crippen LogP contribution in [-0.4, -0.2) is 44.3 Å². The summed E-state index contributed by atoms with van der Waals surface area (Å²) in [7, 11) is -0.847. The Bertz CT molecular complexity index is 738. The van der Waals surface area contributed by atoms with Crippen molar-refractivity contribution >= 4 is 27.4 Å². The average Bonchev–Trinajstić information content (AvgIpc) is 2.84. The second-order valence-electron chi connectivity index (χ2n) is 3.94. The third kappa shape index (κ3) is 2.58. The van der Waals surface area contributed by atoms with Gasteiger partial charge in [-0.25, -0.2) is 18.1 Å². The number of sulfonamides is 1. The lowest BCUT2D eigenvalue weighted by atomic mass is 10.5. The molecule has 2 rings (SSSR count). The van der Waals surface area contributed by atoms with Gasteiger partial charge >= 0.3 is 0 Å². The molecular weight excluding hydrogens is 282 g/mol. The number of pyridine rings is 1. The first-order valence-corrected chi connectivity index (χ1v) is 7.33. The number of nitrogens with one attached hydrogen (secondary N) is 3. The highest BCUT2D eigenvalue weighted by Crippen LogP contribution is 2.21. The van der Waals surface area contributed by atoms with Crippen LogP contribution in [0.15, 0.2) is 29.4 Å². The molecule has 0 aliphatic rings. The fraction of sp³-hybridized carbons (Fsp3) is 0.273. The molecule has 0 atom stereocenters. The van der Waals surface area contributed by atoms with E-state index in [0.717, 1.165) is 0 Å². The molecule has 0 radical (unpaired) electrons. The highest BCUT2D eigenvalue weighted by Gasteiger charge is 2.25. The summed E-state index contributed by atoms with van der Waals surface area (Å²) >= 11 is 0. The van der Waals surface area contributed by atoms with Gasteiger partial charge in [0.25, 0.3) is 10.0 Å².